The minimum Gasteiger partial charge on any atom is -0.406 e. The number of benzene rings is 1. The van der Waals surface area contributed by atoms with Gasteiger partial charge in [0.25, 0.3) is 0 Å². The van der Waals surface area contributed by atoms with E-state index in [4.69, 9.17) is 4.99 Å². The molecular formula is C21H28F3N3O2S. The number of ether oxygens (including phenoxy) is 1. The molecule has 1 aromatic carbocycles. The topological polar surface area (TPSA) is 45.1 Å². The van der Waals surface area contributed by atoms with Crippen molar-refractivity contribution in [3.05, 3.63) is 24.3 Å². The second kappa shape index (κ2) is 9.49. The summed E-state index contributed by atoms with van der Waals surface area (Å²) in [5.74, 6) is -0.493. The summed E-state index contributed by atoms with van der Waals surface area (Å²) in [5, 5.41) is 0.984. The van der Waals surface area contributed by atoms with Crippen LogP contribution in [0.2, 0.25) is 0 Å². The number of anilines is 1. The van der Waals surface area contributed by atoms with Crippen LogP contribution in [0, 0.1) is 0 Å². The molecule has 2 fully saturated rings. The lowest BCUT2D eigenvalue weighted by molar-refractivity contribution is -0.274. The number of carbonyl (C=O) groups is 1. The third-order valence-corrected chi connectivity index (χ3v) is 6.70. The molecule has 0 aromatic heterocycles. The fourth-order valence-corrected chi connectivity index (χ4v) is 5.36. The minimum atomic E-state index is -4.75. The van der Waals surface area contributed by atoms with Gasteiger partial charge < -0.3 is 9.64 Å². The van der Waals surface area contributed by atoms with Gasteiger partial charge in [0.05, 0.1) is 6.04 Å². The van der Waals surface area contributed by atoms with Gasteiger partial charge in [-0.1, -0.05) is 37.4 Å². The van der Waals surface area contributed by atoms with Crippen LogP contribution in [0.15, 0.2) is 29.3 Å². The molecule has 1 aromatic rings. The van der Waals surface area contributed by atoms with E-state index in [0.29, 0.717) is 11.7 Å². The highest BCUT2D eigenvalue weighted by Gasteiger charge is 2.40. The third-order valence-electron chi connectivity index (χ3n) is 5.48. The van der Waals surface area contributed by atoms with Gasteiger partial charge in [0.1, 0.15) is 11.9 Å². The fourth-order valence-electron chi connectivity index (χ4n) is 4.12. The molecule has 1 aliphatic carbocycles. The van der Waals surface area contributed by atoms with E-state index < -0.39 is 6.36 Å². The molecule has 9 heteroatoms. The highest BCUT2D eigenvalue weighted by Crippen LogP contribution is 2.36. The molecule has 166 valence electrons. The van der Waals surface area contributed by atoms with Crippen LogP contribution in [0.1, 0.15) is 52.4 Å². The van der Waals surface area contributed by atoms with E-state index >= 15 is 0 Å². The number of carbonyl (C=O) groups excluding carboxylic acids is 1. The van der Waals surface area contributed by atoms with Crippen LogP contribution in [0.25, 0.3) is 0 Å². The van der Waals surface area contributed by atoms with Gasteiger partial charge in [-0.2, -0.15) is 0 Å². The first-order valence-electron chi connectivity index (χ1n) is 10.3. The van der Waals surface area contributed by atoms with Crippen LogP contribution in [0.4, 0.5) is 18.9 Å². The molecule has 2 aliphatic rings. The number of hydrogen-bond donors (Lipinski definition) is 0. The van der Waals surface area contributed by atoms with Crippen molar-refractivity contribution in [2.24, 2.45) is 4.99 Å². The van der Waals surface area contributed by atoms with Crippen molar-refractivity contribution < 1.29 is 22.7 Å². The summed E-state index contributed by atoms with van der Waals surface area (Å²) >= 11 is 1.64. The number of nitrogens with zero attached hydrogens (tertiary/aromatic N) is 3. The Hall–Kier alpha value is -1.90. The lowest BCUT2D eigenvalue weighted by atomic mass is 10.1. The van der Waals surface area contributed by atoms with E-state index in [2.05, 4.69) is 4.74 Å². The van der Waals surface area contributed by atoms with Crippen molar-refractivity contribution in [1.82, 2.24) is 4.90 Å². The van der Waals surface area contributed by atoms with Crippen molar-refractivity contribution in [2.75, 3.05) is 11.9 Å². The second-order valence-electron chi connectivity index (χ2n) is 7.84. The Labute approximate surface area is 179 Å². The molecule has 1 saturated heterocycles. The van der Waals surface area contributed by atoms with E-state index in [1.165, 1.54) is 56.9 Å². The number of hydrogen-bond acceptors (Lipinski definition) is 4. The number of rotatable bonds is 4. The number of amides is 1. The lowest BCUT2D eigenvalue weighted by Gasteiger charge is -2.35. The molecule has 5 nitrogen and oxygen atoms in total. The summed E-state index contributed by atoms with van der Waals surface area (Å²) in [4.78, 5) is 21.1. The average Bonchev–Trinajstić information content (AvgIpc) is 2.83. The van der Waals surface area contributed by atoms with Crippen LogP contribution < -0.4 is 9.64 Å². The molecule has 0 radical (unpaired) electrons. The zero-order valence-corrected chi connectivity index (χ0v) is 18.3. The summed E-state index contributed by atoms with van der Waals surface area (Å²) < 4.78 is 41.2. The monoisotopic (exact) mass is 443 g/mol. The average molecular weight is 444 g/mol. The van der Waals surface area contributed by atoms with Crippen LogP contribution in [-0.2, 0) is 4.79 Å². The SMILES string of the molecule is CC(=O)N(c1ccc(OC(F)(F)F)cc1)C1C(C)SC(=NC2CCCCCC2)N1C. The van der Waals surface area contributed by atoms with Crippen molar-refractivity contribution in [1.29, 1.82) is 0 Å². The van der Waals surface area contributed by atoms with Crippen molar-refractivity contribution in [2.45, 2.75) is 76.2 Å². The van der Waals surface area contributed by atoms with Crippen LogP contribution in [0.3, 0.4) is 0 Å². The van der Waals surface area contributed by atoms with Crippen molar-refractivity contribution in [3.63, 3.8) is 0 Å². The van der Waals surface area contributed by atoms with Gasteiger partial charge in [-0.3, -0.25) is 14.7 Å². The van der Waals surface area contributed by atoms with Gasteiger partial charge in [0.2, 0.25) is 5.91 Å². The van der Waals surface area contributed by atoms with E-state index in [9.17, 15) is 18.0 Å². The summed E-state index contributed by atoms with van der Waals surface area (Å²) in [7, 11) is 1.92. The second-order valence-corrected chi connectivity index (χ2v) is 9.18. The Balaban J connectivity index is 1.80. The number of aliphatic imine (C=N–C) groups is 1. The molecule has 3 rings (SSSR count). The van der Waals surface area contributed by atoms with Gasteiger partial charge in [-0.25, -0.2) is 0 Å². The maximum Gasteiger partial charge on any atom is 0.573 e. The summed E-state index contributed by atoms with van der Waals surface area (Å²) in [6.07, 6.45) is 2.07. The number of thioether (sulfide) groups is 1. The smallest absolute Gasteiger partial charge is 0.406 e. The molecule has 0 N–H and O–H groups in total. The van der Waals surface area contributed by atoms with Gasteiger partial charge in [-0.15, -0.1) is 13.2 Å². The summed E-state index contributed by atoms with van der Waals surface area (Å²) in [6, 6.07) is 5.73. The molecule has 0 bridgehead atoms. The maximum absolute atomic E-state index is 12.5. The van der Waals surface area contributed by atoms with Crippen LogP contribution in [-0.4, -0.2) is 46.8 Å². The highest BCUT2D eigenvalue weighted by molar-refractivity contribution is 8.14. The molecule has 2 unspecified atom stereocenters. The molecular weight excluding hydrogens is 415 g/mol. The zero-order chi connectivity index (χ0) is 21.9. The van der Waals surface area contributed by atoms with Gasteiger partial charge >= 0.3 is 6.36 Å². The summed E-state index contributed by atoms with van der Waals surface area (Å²) in [5.41, 5.74) is 0.525. The van der Waals surface area contributed by atoms with Crippen LogP contribution in [0.5, 0.6) is 5.75 Å². The molecule has 2 atom stereocenters. The Kier molecular flexibility index (Phi) is 7.21. The third kappa shape index (κ3) is 5.62. The van der Waals surface area contributed by atoms with Crippen LogP contribution >= 0.6 is 11.8 Å². The van der Waals surface area contributed by atoms with E-state index in [0.717, 1.165) is 18.0 Å². The molecule has 1 heterocycles. The molecule has 30 heavy (non-hydrogen) atoms. The van der Waals surface area contributed by atoms with Gasteiger partial charge in [-0.05, 0) is 44.0 Å². The largest absolute Gasteiger partial charge is 0.573 e. The molecule has 1 aliphatic heterocycles. The highest BCUT2D eigenvalue weighted by atomic mass is 32.2. The Bertz CT molecular complexity index is 762. The standard InChI is InChI=1S/C21H28F3N3O2S/c1-14-19(26(3)20(30-14)25-16-8-6-4-5-7-9-16)27(15(2)28)17-10-12-18(13-11-17)29-21(22,23)24/h10-14,16,19H,4-9H2,1-3H3. The number of halogens is 3. The minimum absolute atomic E-state index is 0.0644. The Morgan fingerprint density at radius 1 is 1.17 bits per heavy atom. The predicted molar refractivity (Wildman–Crippen MR) is 114 cm³/mol. The number of alkyl halides is 3. The van der Waals surface area contributed by atoms with Crippen molar-refractivity contribution in [3.8, 4) is 5.75 Å². The molecule has 1 amide bonds. The summed E-state index contributed by atoms with van der Waals surface area (Å²) in [6.45, 7) is 3.50. The fraction of sp³-hybridized carbons (Fsp3) is 0.619. The zero-order valence-electron chi connectivity index (χ0n) is 17.5. The number of amidine groups is 1. The Morgan fingerprint density at radius 2 is 1.77 bits per heavy atom. The predicted octanol–water partition coefficient (Wildman–Crippen LogP) is 5.41. The first kappa shape index (κ1) is 22.8. The first-order valence-corrected chi connectivity index (χ1v) is 11.2. The van der Waals surface area contributed by atoms with E-state index in [-0.39, 0.29) is 23.1 Å². The molecule has 0 spiro atoms. The first-order chi connectivity index (χ1) is 14.2. The maximum atomic E-state index is 12.5. The van der Waals surface area contributed by atoms with E-state index in [1.807, 2.05) is 18.9 Å². The normalized spacial score (nSPS) is 24.7. The van der Waals surface area contributed by atoms with Gasteiger partial charge in [0, 0.05) is 24.9 Å². The molecule has 1 saturated carbocycles. The lowest BCUT2D eigenvalue weighted by Crippen LogP contribution is -2.50. The Morgan fingerprint density at radius 3 is 2.30 bits per heavy atom. The van der Waals surface area contributed by atoms with E-state index in [1.54, 1.807) is 16.7 Å². The van der Waals surface area contributed by atoms with Crippen molar-refractivity contribution >= 4 is 28.5 Å². The van der Waals surface area contributed by atoms with Gasteiger partial charge in [0.15, 0.2) is 5.17 Å². The quantitative estimate of drug-likeness (QED) is 0.584.